The Bertz CT molecular complexity index is 724. The number of hydrogen-bond donors (Lipinski definition) is 2. The molecule has 2 aromatic carbocycles. The lowest BCUT2D eigenvalue weighted by Gasteiger charge is -2.07. The summed E-state index contributed by atoms with van der Waals surface area (Å²) in [6, 6.07) is 14.2. The van der Waals surface area contributed by atoms with Crippen molar-refractivity contribution in [1.29, 1.82) is 0 Å². The third kappa shape index (κ3) is 5.60. The van der Waals surface area contributed by atoms with Crippen molar-refractivity contribution in [3.05, 3.63) is 65.2 Å². The molecule has 2 rings (SSSR count). The molecule has 0 saturated carbocycles. The summed E-state index contributed by atoms with van der Waals surface area (Å²) >= 11 is 5.81. The van der Waals surface area contributed by atoms with Crippen LogP contribution in [0.1, 0.15) is 18.9 Å². The number of hydrogen-bond acceptors (Lipinski definition) is 2. The first kappa shape index (κ1) is 16.8. The third-order valence-corrected chi connectivity index (χ3v) is 3.28. The molecule has 2 amide bonds. The van der Waals surface area contributed by atoms with E-state index < -0.39 is 0 Å². The average Bonchev–Trinajstić information content (AvgIpc) is 2.54. The number of halogens is 1. The second-order valence-electron chi connectivity index (χ2n) is 4.86. The van der Waals surface area contributed by atoms with Gasteiger partial charge in [-0.15, -0.1) is 0 Å². The van der Waals surface area contributed by atoms with Crippen molar-refractivity contribution in [2.45, 2.75) is 13.3 Å². The summed E-state index contributed by atoms with van der Waals surface area (Å²) in [6.07, 6.45) is 3.55. The number of benzene rings is 2. The minimum atomic E-state index is -0.251. The van der Waals surface area contributed by atoms with Crippen LogP contribution in [0.15, 0.2) is 54.6 Å². The lowest BCUT2D eigenvalue weighted by atomic mass is 10.2. The molecule has 0 aliphatic heterocycles. The summed E-state index contributed by atoms with van der Waals surface area (Å²) < 4.78 is 0. The Balaban J connectivity index is 1.98. The van der Waals surface area contributed by atoms with E-state index in [0.29, 0.717) is 22.8 Å². The molecule has 23 heavy (non-hydrogen) atoms. The van der Waals surface area contributed by atoms with Crippen molar-refractivity contribution < 1.29 is 9.59 Å². The molecule has 0 fully saturated rings. The van der Waals surface area contributed by atoms with Gasteiger partial charge in [-0.05, 0) is 42.0 Å². The Kier molecular flexibility index (Phi) is 5.94. The molecular formula is C18H17ClN2O2. The summed E-state index contributed by atoms with van der Waals surface area (Å²) in [5.74, 6) is -0.324. The Hall–Kier alpha value is -2.59. The molecule has 0 aliphatic carbocycles. The second kappa shape index (κ2) is 8.15. The van der Waals surface area contributed by atoms with Gasteiger partial charge in [0, 0.05) is 28.9 Å². The smallest absolute Gasteiger partial charge is 0.248 e. The molecule has 2 N–H and O–H groups in total. The standard InChI is InChI=1S/C18H17ClN2O2/c1-2-17(22)20-15-4-3-5-16(12-15)21-18(23)11-8-13-6-9-14(19)10-7-13/h3-12H,2H2,1H3,(H,20,22)(H,21,23)/b11-8+. The third-order valence-electron chi connectivity index (χ3n) is 3.03. The van der Waals surface area contributed by atoms with E-state index in [4.69, 9.17) is 11.6 Å². The molecule has 4 nitrogen and oxygen atoms in total. The highest BCUT2D eigenvalue weighted by Gasteiger charge is 2.02. The highest BCUT2D eigenvalue weighted by molar-refractivity contribution is 6.30. The molecular weight excluding hydrogens is 312 g/mol. The van der Waals surface area contributed by atoms with E-state index in [1.165, 1.54) is 6.08 Å². The zero-order chi connectivity index (χ0) is 16.7. The fraction of sp³-hybridized carbons (Fsp3) is 0.111. The summed E-state index contributed by atoms with van der Waals surface area (Å²) in [5, 5.41) is 6.15. The predicted octanol–water partition coefficient (Wildman–Crippen LogP) is 4.34. The van der Waals surface area contributed by atoms with Crippen LogP contribution >= 0.6 is 11.6 Å². The molecule has 0 saturated heterocycles. The quantitative estimate of drug-likeness (QED) is 0.802. The molecule has 0 heterocycles. The van der Waals surface area contributed by atoms with Crippen LogP contribution in [0.3, 0.4) is 0 Å². The molecule has 5 heteroatoms. The van der Waals surface area contributed by atoms with Gasteiger partial charge in [-0.25, -0.2) is 0 Å². The predicted molar refractivity (Wildman–Crippen MR) is 94.5 cm³/mol. The van der Waals surface area contributed by atoms with Crippen LogP contribution in [-0.4, -0.2) is 11.8 Å². The van der Waals surface area contributed by atoms with Crippen LogP contribution in [0.4, 0.5) is 11.4 Å². The minimum absolute atomic E-state index is 0.0730. The Morgan fingerprint density at radius 2 is 1.70 bits per heavy atom. The SMILES string of the molecule is CCC(=O)Nc1cccc(NC(=O)/C=C/c2ccc(Cl)cc2)c1. The van der Waals surface area contributed by atoms with Gasteiger partial charge >= 0.3 is 0 Å². The van der Waals surface area contributed by atoms with Crippen molar-refractivity contribution in [2.75, 3.05) is 10.6 Å². The van der Waals surface area contributed by atoms with Crippen LogP contribution in [-0.2, 0) is 9.59 Å². The number of rotatable bonds is 5. The molecule has 0 spiro atoms. The highest BCUT2D eigenvalue weighted by Crippen LogP contribution is 2.16. The number of carbonyl (C=O) groups is 2. The van der Waals surface area contributed by atoms with Crippen molar-refractivity contribution in [3.8, 4) is 0 Å². The van der Waals surface area contributed by atoms with Gasteiger partial charge in [0.25, 0.3) is 0 Å². The van der Waals surface area contributed by atoms with Gasteiger partial charge in [0.2, 0.25) is 11.8 Å². The summed E-state index contributed by atoms with van der Waals surface area (Å²) in [5.41, 5.74) is 2.15. The molecule has 0 aromatic heterocycles. The van der Waals surface area contributed by atoms with Crippen molar-refractivity contribution >= 4 is 40.9 Å². The number of carbonyl (C=O) groups excluding carboxylic acids is 2. The van der Waals surface area contributed by atoms with Gasteiger partial charge in [-0.1, -0.05) is 36.7 Å². The van der Waals surface area contributed by atoms with E-state index in [1.807, 2.05) is 12.1 Å². The van der Waals surface area contributed by atoms with Crippen molar-refractivity contribution in [2.24, 2.45) is 0 Å². The Morgan fingerprint density at radius 3 is 2.35 bits per heavy atom. The molecule has 0 bridgehead atoms. The average molecular weight is 329 g/mol. The minimum Gasteiger partial charge on any atom is -0.326 e. The highest BCUT2D eigenvalue weighted by atomic mass is 35.5. The zero-order valence-corrected chi connectivity index (χ0v) is 13.4. The van der Waals surface area contributed by atoms with E-state index >= 15 is 0 Å². The molecule has 2 aromatic rings. The fourth-order valence-electron chi connectivity index (χ4n) is 1.85. The van der Waals surface area contributed by atoms with E-state index in [1.54, 1.807) is 49.4 Å². The van der Waals surface area contributed by atoms with Crippen molar-refractivity contribution in [3.63, 3.8) is 0 Å². The van der Waals surface area contributed by atoms with Crippen LogP contribution in [0.25, 0.3) is 6.08 Å². The first-order chi connectivity index (χ1) is 11.1. The summed E-state index contributed by atoms with van der Waals surface area (Å²) in [6.45, 7) is 1.78. The first-order valence-electron chi connectivity index (χ1n) is 7.21. The van der Waals surface area contributed by atoms with Gasteiger partial charge in [0.05, 0.1) is 0 Å². The second-order valence-corrected chi connectivity index (χ2v) is 5.29. The van der Waals surface area contributed by atoms with Gasteiger partial charge in [0.15, 0.2) is 0 Å². The number of nitrogens with one attached hydrogen (secondary N) is 2. The summed E-state index contributed by atoms with van der Waals surface area (Å²) in [4.78, 5) is 23.3. The monoisotopic (exact) mass is 328 g/mol. The molecule has 0 radical (unpaired) electrons. The molecule has 0 unspecified atom stereocenters. The van der Waals surface area contributed by atoms with E-state index in [0.717, 1.165) is 5.56 Å². The Morgan fingerprint density at radius 1 is 1.04 bits per heavy atom. The summed E-state index contributed by atoms with van der Waals surface area (Å²) in [7, 11) is 0. The largest absolute Gasteiger partial charge is 0.326 e. The maximum absolute atomic E-state index is 11.9. The van der Waals surface area contributed by atoms with Gasteiger partial charge < -0.3 is 10.6 Å². The van der Waals surface area contributed by atoms with Crippen molar-refractivity contribution in [1.82, 2.24) is 0 Å². The lowest BCUT2D eigenvalue weighted by molar-refractivity contribution is -0.116. The van der Waals surface area contributed by atoms with E-state index in [9.17, 15) is 9.59 Å². The van der Waals surface area contributed by atoms with Crippen LogP contribution < -0.4 is 10.6 Å². The maximum atomic E-state index is 11.9. The molecule has 0 atom stereocenters. The van der Waals surface area contributed by atoms with Gasteiger partial charge in [-0.2, -0.15) is 0 Å². The van der Waals surface area contributed by atoms with Crippen LogP contribution in [0.2, 0.25) is 5.02 Å². The normalized spacial score (nSPS) is 10.5. The molecule has 0 aliphatic rings. The number of amides is 2. The fourth-order valence-corrected chi connectivity index (χ4v) is 1.98. The number of anilines is 2. The van der Waals surface area contributed by atoms with E-state index in [2.05, 4.69) is 10.6 Å². The zero-order valence-electron chi connectivity index (χ0n) is 12.7. The van der Waals surface area contributed by atoms with Crippen LogP contribution in [0, 0.1) is 0 Å². The van der Waals surface area contributed by atoms with Gasteiger partial charge in [-0.3, -0.25) is 9.59 Å². The topological polar surface area (TPSA) is 58.2 Å². The lowest BCUT2D eigenvalue weighted by Crippen LogP contribution is -2.11. The molecule has 118 valence electrons. The Labute approximate surface area is 140 Å². The van der Waals surface area contributed by atoms with E-state index in [-0.39, 0.29) is 11.8 Å². The van der Waals surface area contributed by atoms with Gasteiger partial charge in [0.1, 0.15) is 0 Å². The first-order valence-corrected chi connectivity index (χ1v) is 7.59. The van der Waals surface area contributed by atoms with Crippen LogP contribution in [0.5, 0.6) is 0 Å². The maximum Gasteiger partial charge on any atom is 0.248 e.